The van der Waals surface area contributed by atoms with E-state index in [0.29, 0.717) is 0 Å². The summed E-state index contributed by atoms with van der Waals surface area (Å²) >= 11 is 3.74. The molecular weight excluding hydrogens is 232 g/mol. The van der Waals surface area contributed by atoms with Crippen molar-refractivity contribution >= 4 is 23.5 Å². The van der Waals surface area contributed by atoms with Crippen molar-refractivity contribution in [2.75, 3.05) is 0 Å². The first kappa shape index (κ1) is 14.0. The largest absolute Gasteiger partial charge is 0.299 e. The number of ketones is 1. The van der Waals surface area contributed by atoms with E-state index in [9.17, 15) is 9.59 Å². The van der Waals surface area contributed by atoms with E-state index >= 15 is 0 Å². The van der Waals surface area contributed by atoms with Gasteiger partial charge in [-0.25, -0.2) is 0 Å². The van der Waals surface area contributed by atoms with Crippen molar-refractivity contribution in [2.45, 2.75) is 26.7 Å². The average Bonchev–Trinajstić information content (AvgIpc) is 2.29. The normalized spacial score (nSPS) is 14.1. The number of hydrogen-bond donors (Lipinski definition) is 1. The molecule has 2 nitrogen and oxygen atoms in total. The second kappa shape index (κ2) is 6.60. The monoisotopic (exact) mass is 250 g/mol. The lowest BCUT2D eigenvalue weighted by Crippen LogP contribution is -2.19. The van der Waals surface area contributed by atoms with Crippen LogP contribution in [0.25, 0.3) is 0 Å². The zero-order valence-electron chi connectivity index (χ0n) is 10.2. The second-order valence-electron chi connectivity index (χ2n) is 4.50. The Bertz CT molecular complexity index is 386. The van der Waals surface area contributed by atoms with Gasteiger partial charge in [0.15, 0.2) is 5.12 Å². The summed E-state index contributed by atoms with van der Waals surface area (Å²) in [5, 5.41) is -0.217. The Labute approximate surface area is 108 Å². The van der Waals surface area contributed by atoms with Crippen molar-refractivity contribution in [3.05, 3.63) is 35.9 Å². The fourth-order valence-corrected chi connectivity index (χ4v) is 1.76. The van der Waals surface area contributed by atoms with Crippen LogP contribution in [0.1, 0.15) is 25.8 Å². The predicted octanol–water partition coefficient (Wildman–Crippen LogP) is 2.92. The van der Waals surface area contributed by atoms with E-state index in [4.69, 9.17) is 0 Å². The Kier molecular flexibility index (Phi) is 5.42. The zero-order chi connectivity index (χ0) is 12.8. The third kappa shape index (κ3) is 4.73. The molecule has 0 saturated heterocycles. The minimum absolute atomic E-state index is 0.0486. The van der Waals surface area contributed by atoms with Crippen LogP contribution in [0.4, 0.5) is 0 Å². The van der Waals surface area contributed by atoms with Gasteiger partial charge in [0.05, 0.1) is 0 Å². The molecule has 0 unspecified atom stereocenters. The topological polar surface area (TPSA) is 34.1 Å². The van der Waals surface area contributed by atoms with Crippen molar-refractivity contribution in [3.63, 3.8) is 0 Å². The Balaban J connectivity index is 2.50. The van der Waals surface area contributed by atoms with Gasteiger partial charge >= 0.3 is 0 Å². The van der Waals surface area contributed by atoms with E-state index in [1.165, 1.54) is 0 Å². The van der Waals surface area contributed by atoms with E-state index < -0.39 is 0 Å². The lowest BCUT2D eigenvalue weighted by atomic mass is 9.92. The van der Waals surface area contributed by atoms with Crippen LogP contribution in [-0.2, 0) is 16.0 Å². The number of carbonyl (C=O) groups is 2. The molecule has 0 radical (unpaired) electrons. The highest BCUT2D eigenvalue weighted by molar-refractivity contribution is 7.96. The number of carbonyl (C=O) groups excluding carboxylic acids is 2. The number of Topliss-reactive ketones (excluding diaryl/α,β-unsaturated/α-hetero) is 1. The summed E-state index contributed by atoms with van der Waals surface area (Å²) < 4.78 is 0. The molecule has 0 spiro atoms. The molecule has 1 aromatic rings. The molecule has 0 N–H and O–H groups in total. The van der Waals surface area contributed by atoms with Crippen LogP contribution in [0.3, 0.4) is 0 Å². The minimum Gasteiger partial charge on any atom is -0.299 e. The number of rotatable bonds is 6. The van der Waals surface area contributed by atoms with E-state index in [1.807, 2.05) is 37.3 Å². The number of hydrogen-bond acceptors (Lipinski definition) is 2. The smallest absolute Gasteiger partial charge is 0.189 e. The number of thiol groups is 1. The minimum atomic E-state index is -0.288. The van der Waals surface area contributed by atoms with Crippen molar-refractivity contribution in [3.8, 4) is 0 Å². The zero-order valence-corrected chi connectivity index (χ0v) is 11.1. The molecule has 1 rings (SSSR count). The molecule has 1 aromatic carbocycles. The van der Waals surface area contributed by atoms with Gasteiger partial charge in [0.25, 0.3) is 0 Å². The molecule has 0 amide bonds. The van der Waals surface area contributed by atoms with E-state index in [-0.39, 0.29) is 29.2 Å². The van der Waals surface area contributed by atoms with Gasteiger partial charge in [-0.3, -0.25) is 9.59 Å². The van der Waals surface area contributed by atoms with Gasteiger partial charge in [-0.15, -0.1) is 12.6 Å². The van der Waals surface area contributed by atoms with E-state index in [0.717, 1.165) is 12.0 Å². The Hall–Kier alpha value is -1.09. The molecule has 0 fully saturated rings. The van der Waals surface area contributed by atoms with Gasteiger partial charge in [-0.2, -0.15) is 0 Å². The average molecular weight is 250 g/mol. The summed E-state index contributed by atoms with van der Waals surface area (Å²) in [5.41, 5.74) is 1.15. The number of benzene rings is 1. The summed E-state index contributed by atoms with van der Waals surface area (Å²) in [4.78, 5) is 22.8. The summed E-state index contributed by atoms with van der Waals surface area (Å²) in [6.07, 6.45) is 1.02. The molecule has 92 valence electrons. The quantitative estimate of drug-likeness (QED) is 0.788. The van der Waals surface area contributed by atoms with Crippen LogP contribution in [0, 0.1) is 11.8 Å². The van der Waals surface area contributed by atoms with E-state index in [1.54, 1.807) is 6.92 Å². The van der Waals surface area contributed by atoms with Crippen molar-refractivity contribution in [1.29, 1.82) is 0 Å². The molecular formula is C14H18O2S. The van der Waals surface area contributed by atoms with Crippen molar-refractivity contribution in [1.82, 2.24) is 0 Å². The van der Waals surface area contributed by atoms with Gasteiger partial charge in [-0.1, -0.05) is 44.2 Å². The van der Waals surface area contributed by atoms with Crippen LogP contribution < -0.4 is 0 Å². The molecule has 0 heterocycles. The highest BCUT2D eigenvalue weighted by Crippen LogP contribution is 2.15. The predicted molar refractivity (Wildman–Crippen MR) is 72.1 cm³/mol. The van der Waals surface area contributed by atoms with Crippen LogP contribution in [0.15, 0.2) is 30.3 Å². The summed E-state index contributed by atoms with van der Waals surface area (Å²) in [6, 6.07) is 9.91. The standard InChI is InChI=1S/C14H18O2S/c1-10(8-12-6-4-3-5-7-12)13(15)9-11(2)14(16)17/h3-7,10-11H,8-9H2,1-2H3,(H,16,17)/t10-,11+/m0/s1. The highest BCUT2D eigenvalue weighted by Gasteiger charge is 2.19. The molecule has 2 atom stereocenters. The van der Waals surface area contributed by atoms with Gasteiger partial charge in [0.1, 0.15) is 5.78 Å². The van der Waals surface area contributed by atoms with Gasteiger partial charge in [0.2, 0.25) is 0 Å². The first-order chi connectivity index (χ1) is 8.00. The molecule has 0 saturated carbocycles. The van der Waals surface area contributed by atoms with Crippen LogP contribution in [0.5, 0.6) is 0 Å². The molecule has 0 aromatic heterocycles. The van der Waals surface area contributed by atoms with E-state index in [2.05, 4.69) is 12.6 Å². The van der Waals surface area contributed by atoms with Crippen LogP contribution >= 0.6 is 12.6 Å². The molecule has 17 heavy (non-hydrogen) atoms. The maximum Gasteiger partial charge on any atom is 0.189 e. The van der Waals surface area contributed by atoms with Crippen molar-refractivity contribution in [2.24, 2.45) is 11.8 Å². The maximum absolute atomic E-state index is 11.9. The molecule has 3 heteroatoms. The van der Waals surface area contributed by atoms with Gasteiger partial charge in [-0.05, 0) is 12.0 Å². The SMILES string of the molecule is C[C@H](CC(=O)[C@@H](C)Cc1ccccc1)C(=O)S. The maximum atomic E-state index is 11.9. The first-order valence-electron chi connectivity index (χ1n) is 5.80. The molecule has 0 aliphatic rings. The summed E-state index contributed by atoms with van der Waals surface area (Å²) in [7, 11) is 0. The molecule has 0 aliphatic carbocycles. The Morgan fingerprint density at radius 2 is 1.71 bits per heavy atom. The third-order valence-corrected chi connectivity index (χ3v) is 3.30. The van der Waals surface area contributed by atoms with Gasteiger partial charge < -0.3 is 0 Å². The lowest BCUT2D eigenvalue weighted by Gasteiger charge is -2.12. The highest BCUT2D eigenvalue weighted by atomic mass is 32.1. The summed E-state index contributed by atoms with van der Waals surface area (Å²) in [5.74, 6) is -0.208. The summed E-state index contributed by atoms with van der Waals surface area (Å²) in [6.45, 7) is 3.65. The van der Waals surface area contributed by atoms with Crippen molar-refractivity contribution < 1.29 is 9.59 Å². The Morgan fingerprint density at radius 3 is 2.24 bits per heavy atom. The fourth-order valence-electron chi connectivity index (χ4n) is 1.67. The lowest BCUT2D eigenvalue weighted by molar-refractivity contribution is -0.125. The second-order valence-corrected chi connectivity index (χ2v) is 4.94. The fraction of sp³-hybridized carbons (Fsp3) is 0.429. The third-order valence-electron chi connectivity index (χ3n) is 2.86. The van der Waals surface area contributed by atoms with Crippen LogP contribution in [0.2, 0.25) is 0 Å². The molecule has 0 aliphatic heterocycles. The Morgan fingerprint density at radius 1 is 1.12 bits per heavy atom. The van der Waals surface area contributed by atoms with Gasteiger partial charge in [0, 0.05) is 18.3 Å². The first-order valence-corrected chi connectivity index (χ1v) is 6.25. The molecule has 0 bridgehead atoms. The van der Waals surface area contributed by atoms with Crippen LogP contribution in [-0.4, -0.2) is 10.9 Å².